The minimum atomic E-state index is -3.19. The monoisotopic (exact) mass is 353 g/mol. The third-order valence-corrected chi connectivity index (χ3v) is 6.90. The van der Waals surface area contributed by atoms with Gasteiger partial charge in [-0.1, -0.05) is 30.3 Å². The van der Waals surface area contributed by atoms with Gasteiger partial charge in [-0.05, 0) is 19.4 Å². The molecule has 3 rings (SSSR count). The van der Waals surface area contributed by atoms with Crippen LogP contribution >= 0.6 is 7.60 Å². The van der Waals surface area contributed by atoms with Crippen LogP contribution in [0.2, 0.25) is 0 Å². The first-order chi connectivity index (χ1) is 11.6. The van der Waals surface area contributed by atoms with Crippen LogP contribution in [0, 0.1) is 5.92 Å². The summed E-state index contributed by atoms with van der Waals surface area (Å²) in [5.74, 6) is 0.0982. The summed E-state index contributed by atoms with van der Waals surface area (Å²) in [6.07, 6.45) is 0.0116. The first kappa shape index (κ1) is 17.5. The second-order valence-electron chi connectivity index (χ2n) is 6.11. The van der Waals surface area contributed by atoms with Crippen molar-refractivity contribution in [2.75, 3.05) is 32.5 Å². The first-order valence-corrected chi connectivity index (χ1v) is 10.2. The summed E-state index contributed by atoms with van der Waals surface area (Å²) in [4.78, 5) is 13.7. The molecular weight excluding hydrogens is 329 g/mol. The van der Waals surface area contributed by atoms with Crippen LogP contribution in [0.25, 0.3) is 0 Å². The van der Waals surface area contributed by atoms with E-state index in [0.29, 0.717) is 32.5 Å². The molecule has 0 aromatic heterocycles. The van der Waals surface area contributed by atoms with E-state index >= 15 is 0 Å². The molecule has 0 aliphatic carbocycles. The van der Waals surface area contributed by atoms with E-state index in [4.69, 9.17) is 13.8 Å². The zero-order valence-electron chi connectivity index (χ0n) is 14.1. The van der Waals surface area contributed by atoms with E-state index in [1.54, 1.807) is 4.90 Å². The number of benzene rings is 1. The third-order valence-electron chi connectivity index (χ3n) is 4.73. The minimum Gasteiger partial charge on any atom is -0.447 e. The van der Waals surface area contributed by atoms with Crippen LogP contribution in [-0.2, 0) is 18.3 Å². The summed E-state index contributed by atoms with van der Waals surface area (Å²) in [6.45, 7) is 5.21. The van der Waals surface area contributed by atoms with Crippen molar-refractivity contribution in [1.29, 1.82) is 0 Å². The van der Waals surface area contributed by atoms with Gasteiger partial charge in [-0.25, -0.2) is 4.79 Å². The van der Waals surface area contributed by atoms with Gasteiger partial charge in [-0.2, -0.15) is 0 Å². The van der Waals surface area contributed by atoms with Crippen LogP contribution in [0.15, 0.2) is 30.3 Å². The van der Waals surface area contributed by atoms with Gasteiger partial charge in [0.25, 0.3) is 0 Å². The normalized spacial score (nSPS) is 26.5. The molecule has 0 N–H and O–H groups in total. The average molecular weight is 353 g/mol. The molecule has 0 spiro atoms. The molecule has 7 heteroatoms. The van der Waals surface area contributed by atoms with E-state index in [1.165, 1.54) is 0 Å². The Morgan fingerprint density at radius 3 is 2.50 bits per heavy atom. The van der Waals surface area contributed by atoms with Crippen LogP contribution < -0.4 is 0 Å². The van der Waals surface area contributed by atoms with Crippen LogP contribution in [0.3, 0.4) is 0 Å². The minimum absolute atomic E-state index is 0.0113. The Morgan fingerprint density at radius 2 is 1.88 bits per heavy atom. The molecule has 6 nitrogen and oxygen atoms in total. The largest absolute Gasteiger partial charge is 0.447 e. The molecule has 1 aromatic rings. The zero-order chi connectivity index (χ0) is 17.2. The van der Waals surface area contributed by atoms with Crippen molar-refractivity contribution in [3.63, 3.8) is 0 Å². The quantitative estimate of drug-likeness (QED) is 0.702. The molecule has 24 heavy (non-hydrogen) atoms. The summed E-state index contributed by atoms with van der Waals surface area (Å²) in [7, 11) is -3.19. The van der Waals surface area contributed by atoms with Crippen LogP contribution in [-0.4, -0.2) is 49.6 Å². The average Bonchev–Trinajstić information content (AvgIpc) is 3.10. The van der Waals surface area contributed by atoms with E-state index in [2.05, 4.69) is 12.1 Å². The van der Waals surface area contributed by atoms with Crippen molar-refractivity contribution in [3.8, 4) is 0 Å². The van der Waals surface area contributed by atoms with Crippen molar-refractivity contribution in [2.24, 2.45) is 5.92 Å². The maximum absolute atomic E-state index is 13.0. The smallest absolute Gasteiger partial charge is 0.410 e. The summed E-state index contributed by atoms with van der Waals surface area (Å²) < 4.78 is 29.2. The molecule has 0 unspecified atom stereocenters. The van der Waals surface area contributed by atoms with Gasteiger partial charge in [0.15, 0.2) is 0 Å². The molecule has 132 valence electrons. The number of fused-ring (bicyclic) bond motifs is 1. The highest BCUT2D eigenvalue weighted by atomic mass is 31.2. The predicted molar refractivity (Wildman–Crippen MR) is 90.2 cm³/mol. The number of cyclic esters (lactones) is 1. The lowest BCUT2D eigenvalue weighted by atomic mass is 9.87. The number of carbonyl (C=O) groups is 1. The molecule has 1 aromatic carbocycles. The zero-order valence-corrected chi connectivity index (χ0v) is 15.0. The fraction of sp³-hybridized carbons (Fsp3) is 0.588. The molecular formula is C17H24NO5P. The van der Waals surface area contributed by atoms with Gasteiger partial charge < -0.3 is 18.7 Å². The highest BCUT2D eigenvalue weighted by molar-refractivity contribution is 7.53. The van der Waals surface area contributed by atoms with Crippen LogP contribution in [0.4, 0.5) is 4.79 Å². The lowest BCUT2D eigenvalue weighted by Gasteiger charge is -2.26. The molecule has 2 saturated heterocycles. The van der Waals surface area contributed by atoms with Gasteiger partial charge in [-0.15, -0.1) is 0 Å². The number of rotatable bonds is 7. The van der Waals surface area contributed by atoms with Crippen LogP contribution in [0.1, 0.15) is 25.3 Å². The fourth-order valence-corrected chi connectivity index (χ4v) is 5.83. The van der Waals surface area contributed by atoms with Gasteiger partial charge in [0.1, 0.15) is 6.61 Å². The Hall–Kier alpha value is -1.36. The lowest BCUT2D eigenvalue weighted by Crippen LogP contribution is -2.32. The Labute approximate surface area is 142 Å². The van der Waals surface area contributed by atoms with E-state index in [1.807, 2.05) is 32.0 Å². The number of carbonyl (C=O) groups excluding carboxylic acids is 1. The van der Waals surface area contributed by atoms with E-state index in [-0.39, 0.29) is 24.0 Å². The summed E-state index contributed by atoms with van der Waals surface area (Å²) in [5, 5.41) is 0. The van der Waals surface area contributed by atoms with Crippen molar-refractivity contribution >= 4 is 13.7 Å². The van der Waals surface area contributed by atoms with Gasteiger partial charge in [0.05, 0.1) is 25.4 Å². The molecule has 0 radical (unpaired) electrons. The van der Waals surface area contributed by atoms with Gasteiger partial charge in [-0.3, -0.25) is 4.57 Å². The summed E-state index contributed by atoms with van der Waals surface area (Å²) >= 11 is 0. The molecule has 0 saturated carbocycles. The predicted octanol–water partition coefficient (Wildman–Crippen LogP) is 3.49. The van der Waals surface area contributed by atoms with Crippen molar-refractivity contribution in [2.45, 2.75) is 25.8 Å². The first-order valence-electron chi connectivity index (χ1n) is 8.44. The summed E-state index contributed by atoms with van der Waals surface area (Å²) in [5.41, 5.74) is 1.14. The number of hydrogen-bond acceptors (Lipinski definition) is 5. The summed E-state index contributed by atoms with van der Waals surface area (Å²) in [6, 6.07) is 9.97. The maximum atomic E-state index is 13.0. The second kappa shape index (κ2) is 7.26. The maximum Gasteiger partial charge on any atom is 0.410 e. The van der Waals surface area contributed by atoms with Gasteiger partial charge in [0.2, 0.25) is 0 Å². The Balaban J connectivity index is 1.88. The van der Waals surface area contributed by atoms with E-state index < -0.39 is 7.60 Å². The number of amides is 1. The highest BCUT2D eigenvalue weighted by Gasteiger charge is 2.51. The number of hydrogen-bond donors (Lipinski definition) is 0. The molecule has 2 heterocycles. The van der Waals surface area contributed by atoms with Crippen molar-refractivity contribution < 1.29 is 23.1 Å². The van der Waals surface area contributed by atoms with Gasteiger partial charge >= 0.3 is 13.7 Å². The van der Waals surface area contributed by atoms with Crippen molar-refractivity contribution in [1.82, 2.24) is 4.90 Å². The SMILES string of the molecule is CCOP(=O)(C[C@@H]1[C@@H](c2ccccc2)CN2C(=O)OC[C@H]12)OCC. The number of ether oxygens (including phenoxy) is 1. The molecule has 2 fully saturated rings. The fourth-order valence-electron chi connectivity index (χ4n) is 3.74. The van der Waals surface area contributed by atoms with E-state index in [9.17, 15) is 9.36 Å². The second-order valence-corrected chi connectivity index (χ2v) is 8.21. The molecule has 3 atom stereocenters. The van der Waals surface area contributed by atoms with Crippen LogP contribution in [0.5, 0.6) is 0 Å². The van der Waals surface area contributed by atoms with E-state index in [0.717, 1.165) is 5.56 Å². The molecule has 2 aliphatic rings. The number of nitrogens with zero attached hydrogens (tertiary/aromatic N) is 1. The van der Waals surface area contributed by atoms with Gasteiger partial charge in [0, 0.05) is 18.4 Å². The molecule has 1 amide bonds. The lowest BCUT2D eigenvalue weighted by molar-refractivity contribution is 0.158. The Bertz CT molecular complexity index is 613. The highest BCUT2D eigenvalue weighted by Crippen LogP contribution is 2.54. The topological polar surface area (TPSA) is 65.1 Å². The standard InChI is InChI=1S/C17H24NO5P/c1-3-22-24(20,23-4-2)12-15-14(13-8-6-5-7-9-13)10-18-16(15)11-21-17(18)19/h5-9,14-16H,3-4,10-12H2,1-2H3/t14-,15-,16-/m1/s1. The molecule has 2 aliphatic heterocycles. The van der Waals surface area contributed by atoms with Crippen molar-refractivity contribution in [3.05, 3.63) is 35.9 Å². The Morgan fingerprint density at radius 1 is 1.21 bits per heavy atom. The molecule has 0 bridgehead atoms. The Kier molecular flexibility index (Phi) is 5.28. The third kappa shape index (κ3) is 3.37.